The molecule has 1 heterocycles. The number of nitrogens with one attached hydrogen (secondary N) is 1. The van der Waals surface area contributed by atoms with Crippen LogP contribution in [0.1, 0.15) is 11.1 Å². The third-order valence-electron chi connectivity index (χ3n) is 4.77. The van der Waals surface area contributed by atoms with Gasteiger partial charge in [0.15, 0.2) is 6.61 Å². The SMILES string of the molecule is N#Cc1ccc(OCC(=O)N2CCN(CC(=O)NCc3ccccc3)CC2)cc1. The first-order chi connectivity index (χ1) is 14.1. The van der Waals surface area contributed by atoms with E-state index in [4.69, 9.17) is 10.00 Å². The summed E-state index contributed by atoms with van der Waals surface area (Å²) in [6.45, 7) is 3.26. The average Bonchev–Trinajstić information content (AvgIpc) is 2.77. The second-order valence-electron chi connectivity index (χ2n) is 6.84. The van der Waals surface area contributed by atoms with Crippen molar-refractivity contribution in [3.63, 3.8) is 0 Å². The molecule has 0 atom stereocenters. The maximum atomic E-state index is 12.3. The summed E-state index contributed by atoms with van der Waals surface area (Å²) in [6, 6.07) is 18.5. The minimum absolute atomic E-state index is 0.0159. The van der Waals surface area contributed by atoms with Crippen LogP contribution >= 0.6 is 0 Å². The second-order valence-corrected chi connectivity index (χ2v) is 6.84. The molecule has 0 aromatic heterocycles. The van der Waals surface area contributed by atoms with Gasteiger partial charge in [-0.15, -0.1) is 0 Å². The highest BCUT2D eigenvalue weighted by Gasteiger charge is 2.22. The Bertz CT molecular complexity index is 854. The summed E-state index contributed by atoms with van der Waals surface area (Å²) in [5.74, 6) is 0.464. The molecule has 0 bridgehead atoms. The molecule has 150 valence electrons. The topological polar surface area (TPSA) is 85.7 Å². The molecule has 29 heavy (non-hydrogen) atoms. The minimum atomic E-state index is -0.0810. The van der Waals surface area contributed by atoms with Crippen LogP contribution in [-0.4, -0.2) is 60.9 Å². The zero-order chi connectivity index (χ0) is 20.5. The predicted molar refractivity (Wildman–Crippen MR) is 108 cm³/mol. The number of nitriles is 1. The van der Waals surface area contributed by atoms with Crippen LogP contribution in [0.25, 0.3) is 0 Å². The van der Waals surface area contributed by atoms with Crippen molar-refractivity contribution >= 4 is 11.8 Å². The van der Waals surface area contributed by atoms with E-state index in [0.29, 0.717) is 50.6 Å². The second kappa shape index (κ2) is 10.2. The summed E-state index contributed by atoms with van der Waals surface area (Å²) < 4.78 is 5.51. The van der Waals surface area contributed by atoms with E-state index in [9.17, 15) is 9.59 Å². The van der Waals surface area contributed by atoms with E-state index in [0.717, 1.165) is 5.56 Å². The molecule has 1 aliphatic rings. The molecule has 2 aromatic carbocycles. The first-order valence-electron chi connectivity index (χ1n) is 9.58. The van der Waals surface area contributed by atoms with Crippen LogP contribution in [0, 0.1) is 11.3 Å². The molecular weight excluding hydrogens is 368 g/mol. The molecule has 1 saturated heterocycles. The molecular formula is C22H24N4O3. The molecule has 7 heteroatoms. The van der Waals surface area contributed by atoms with Crippen LogP contribution in [0.3, 0.4) is 0 Å². The highest BCUT2D eigenvalue weighted by molar-refractivity contribution is 5.79. The largest absolute Gasteiger partial charge is 0.484 e. The van der Waals surface area contributed by atoms with Gasteiger partial charge >= 0.3 is 0 Å². The molecule has 0 radical (unpaired) electrons. The van der Waals surface area contributed by atoms with Gasteiger partial charge in [-0.05, 0) is 29.8 Å². The van der Waals surface area contributed by atoms with E-state index in [1.807, 2.05) is 41.3 Å². The maximum Gasteiger partial charge on any atom is 0.260 e. The van der Waals surface area contributed by atoms with Gasteiger partial charge < -0.3 is 15.0 Å². The Labute approximate surface area is 170 Å². The molecule has 0 aliphatic carbocycles. The summed E-state index contributed by atoms with van der Waals surface area (Å²) >= 11 is 0. The zero-order valence-electron chi connectivity index (χ0n) is 16.2. The minimum Gasteiger partial charge on any atom is -0.484 e. The third kappa shape index (κ3) is 6.33. The van der Waals surface area contributed by atoms with Gasteiger partial charge in [0.05, 0.1) is 18.2 Å². The van der Waals surface area contributed by atoms with Crippen molar-refractivity contribution in [1.82, 2.24) is 15.1 Å². The fourth-order valence-corrected chi connectivity index (χ4v) is 3.07. The van der Waals surface area contributed by atoms with E-state index in [2.05, 4.69) is 5.32 Å². The Kier molecular flexibility index (Phi) is 7.20. The zero-order valence-corrected chi connectivity index (χ0v) is 16.2. The summed E-state index contributed by atoms with van der Waals surface area (Å²) in [6.07, 6.45) is 0. The van der Waals surface area contributed by atoms with Crippen molar-refractivity contribution in [3.05, 3.63) is 65.7 Å². The van der Waals surface area contributed by atoms with Gasteiger partial charge in [0.2, 0.25) is 5.91 Å². The predicted octanol–water partition coefficient (Wildman–Crippen LogP) is 1.40. The van der Waals surface area contributed by atoms with Crippen LogP contribution in [0.5, 0.6) is 5.75 Å². The van der Waals surface area contributed by atoms with Gasteiger partial charge in [-0.1, -0.05) is 30.3 Å². The normalized spacial score (nSPS) is 14.1. The molecule has 1 aliphatic heterocycles. The molecule has 1 N–H and O–H groups in total. The van der Waals surface area contributed by atoms with Crippen molar-refractivity contribution in [2.75, 3.05) is 39.3 Å². The molecule has 3 rings (SSSR count). The number of hydrogen-bond acceptors (Lipinski definition) is 5. The molecule has 0 spiro atoms. The highest BCUT2D eigenvalue weighted by atomic mass is 16.5. The van der Waals surface area contributed by atoms with Crippen molar-refractivity contribution in [2.45, 2.75) is 6.54 Å². The number of carbonyl (C=O) groups is 2. The van der Waals surface area contributed by atoms with Crippen LogP contribution < -0.4 is 10.1 Å². The third-order valence-corrected chi connectivity index (χ3v) is 4.77. The lowest BCUT2D eigenvalue weighted by Gasteiger charge is -2.34. The number of rotatable bonds is 7. The van der Waals surface area contributed by atoms with Crippen molar-refractivity contribution in [2.24, 2.45) is 0 Å². The summed E-state index contributed by atoms with van der Waals surface area (Å²) in [4.78, 5) is 28.3. The molecule has 0 saturated carbocycles. The van der Waals surface area contributed by atoms with Crippen molar-refractivity contribution in [3.8, 4) is 11.8 Å². The van der Waals surface area contributed by atoms with Crippen LogP contribution in [0.15, 0.2) is 54.6 Å². The van der Waals surface area contributed by atoms with E-state index >= 15 is 0 Å². The first-order valence-corrected chi connectivity index (χ1v) is 9.58. The van der Waals surface area contributed by atoms with Gasteiger partial charge in [0.25, 0.3) is 5.91 Å². The standard InChI is InChI=1S/C22H24N4O3/c23-14-18-6-8-20(9-7-18)29-17-22(28)26-12-10-25(11-13-26)16-21(27)24-15-19-4-2-1-3-5-19/h1-9H,10-13,15-17H2,(H,24,27). The molecule has 0 unspecified atom stereocenters. The number of nitrogens with zero attached hydrogens (tertiary/aromatic N) is 3. The van der Waals surface area contributed by atoms with Gasteiger partial charge in [0, 0.05) is 32.7 Å². The van der Waals surface area contributed by atoms with Crippen LogP contribution in [0.2, 0.25) is 0 Å². The Balaban J connectivity index is 1.35. The van der Waals surface area contributed by atoms with Gasteiger partial charge in [-0.25, -0.2) is 0 Å². The average molecular weight is 392 g/mol. The molecule has 7 nitrogen and oxygen atoms in total. The maximum absolute atomic E-state index is 12.3. The molecule has 2 amide bonds. The van der Waals surface area contributed by atoms with Crippen LogP contribution in [-0.2, 0) is 16.1 Å². The van der Waals surface area contributed by atoms with E-state index in [1.54, 1.807) is 29.2 Å². The van der Waals surface area contributed by atoms with Gasteiger partial charge in [0.1, 0.15) is 5.75 Å². The molecule has 1 fully saturated rings. The number of amides is 2. The molecule has 2 aromatic rings. The quantitative estimate of drug-likeness (QED) is 0.770. The smallest absolute Gasteiger partial charge is 0.260 e. The van der Waals surface area contributed by atoms with Crippen LogP contribution in [0.4, 0.5) is 0 Å². The Morgan fingerprint density at radius 2 is 1.69 bits per heavy atom. The number of carbonyl (C=O) groups excluding carboxylic acids is 2. The number of benzene rings is 2. The number of hydrogen-bond donors (Lipinski definition) is 1. The Morgan fingerprint density at radius 1 is 1.00 bits per heavy atom. The summed E-state index contributed by atoms with van der Waals surface area (Å²) in [5, 5.41) is 11.7. The number of ether oxygens (including phenoxy) is 1. The van der Waals surface area contributed by atoms with Crippen molar-refractivity contribution < 1.29 is 14.3 Å². The highest BCUT2D eigenvalue weighted by Crippen LogP contribution is 2.12. The lowest BCUT2D eigenvalue weighted by Crippen LogP contribution is -2.52. The Morgan fingerprint density at radius 3 is 2.34 bits per heavy atom. The first kappa shape index (κ1) is 20.4. The fraction of sp³-hybridized carbons (Fsp3) is 0.318. The van der Waals surface area contributed by atoms with Gasteiger partial charge in [-0.3, -0.25) is 14.5 Å². The number of piperazine rings is 1. The lowest BCUT2D eigenvalue weighted by atomic mass is 10.2. The summed E-state index contributed by atoms with van der Waals surface area (Å²) in [5.41, 5.74) is 1.62. The van der Waals surface area contributed by atoms with Crippen molar-refractivity contribution in [1.29, 1.82) is 5.26 Å². The van der Waals surface area contributed by atoms with E-state index in [1.165, 1.54) is 0 Å². The summed E-state index contributed by atoms with van der Waals surface area (Å²) in [7, 11) is 0. The van der Waals surface area contributed by atoms with Gasteiger partial charge in [-0.2, -0.15) is 5.26 Å². The lowest BCUT2D eigenvalue weighted by molar-refractivity contribution is -0.135. The fourth-order valence-electron chi connectivity index (χ4n) is 3.07. The Hall–Kier alpha value is -3.37. The monoisotopic (exact) mass is 392 g/mol. The van der Waals surface area contributed by atoms with E-state index in [-0.39, 0.29) is 18.4 Å². The van der Waals surface area contributed by atoms with E-state index < -0.39 is 0 Å².